The van der Waals surface area contributed by atoms with Gasteiger partial charge in [-0.2, -0.15) is 0 Å². The second-order valence-electron chi connectivity index (χ2n) is 8.05. The summed E-state index contributed by atoms with van der Waals surface area (Å²) in [6.07, 6.45) is 2.57. The van der Waals surface area contributed by atoms with Crippen LogP contribution in [0.5, 0.6) is 0 Å². The first-order valence-electron chi connectivity index (χ1n) is 11.2. The van der Waals surface area contributed by atoms with Gasteiger partial charge >= 0.3 is 0 Å². The third kappa shape index (κ3) is 8.41. The molecule has 1 atom stereocenters. The maximum atomic E-state index is 13.2. The molecular weight excluding hydrogens is 404 g/mol. The lowest BCUT2D eigenvalue weighted by molar-refractivity contribution is -0.139. The Hall–Kier alpha value is -2.27. The number of nitrogens with zero attached hydrogens (tertiary/aromatic N) is 1. The molecule has 0 radical (unpaired) electrons. The zero-order valence-corrected chi connectivity index (χ0v) is 20.1. The van der Waals surface area contributed by atoms with E-state index in [2.05, 4.69) is 43.4 Å². The molecule has 0 spiro atoms. The lowest BCUT2D eigenvalue weighted by Crippen LogP contribution is -2.49. The van der Waals surface area contributed by atoms with Crippen LogP contribution in [-0.4, -0.2) is 35.1 Å². The summed E-state index contributed by atoms with van der Waals surface area (Å²) in [5, 5.41) is 3.01. The van der Waals surface area contributed by atoms with Gasteiger partial charge in [0.15, 0.2) is 0 Å². The zero-order chi connectivity index (χ0) is 22.6. The quantitative estimate of drug-likeness (QED) is 0.458. The van der Waals surface area contributed by atoms with Crippen molar-refractivity contribution in [3.05, 3.63) is 70.8 Å². The van der Waals surface area contributed by atoms with E-state index >= 15 is 0 Å². The number of thioether (sulfide) groups is 1. The molecule has 0 aliphatic rings. The van der Waals surface area contributed by atoms with Crippen molar-refractivity contribution in [2.75, 3.05) is 12.3 Å². The predicted octanol–water partition coefficient (Wildman–Crippen LogP) is 5.26. The summed E-state index contributed by atoms with van der Waals surface area (Å²) < 4.78 is 0. The maximum absolute atomic E-state index is 13.2. The second-order valence-corrected chi connectivity index (χ2v) is 9.04. The van der Waals surface area contributed by atoms with Crippen molar-refractivity contribution in [2.45, 2.75) is 65.3 Å². The standard InChI is InChI=1S/C26H36N2O2S/c1-5-7-16-27-26(30)24(6-2)28(17-22-12-8-20(3)9-13-22)25(29)19-31-18-23-14-10-21(4)11-15-23/h8-15,24H,5-7,16-19H2,1-4H3,(H,27,30). The van der Waals surface area contributed by atoms with Gasteiger partial charge in [0, 0.05) is 18.8 Å². The third-order valence-electron chi connectivity index (χ3n) is 5.30. The number of unbranched alkanes of at least 4 members (excludes halogenated alkanes) is 1. The molecule has 0 aliphatic carbocycles. The van der Waals surface area contributed by atoms with Crippen molar-refractivity contribution in [2.24, 2.45) is 0 Å². The van der Waals surface area contributed by atoms with Crippen LogP contribution in [0.2, 0.25) is 0 Å². The van der Waals surface area contributed by atoms with Gasteiger partial charge < -0.3 is 10.2 Å². The minimum absolute atomic E-state index is 0.00942. The molecule has 2 rings (SSSR count). The van der Waals surface area contributed by atoms with Crippen LogP contribution >= 0.6 is 11.8 Å². The van der Waals surface area contributed by atoms with Crippen LogP contribution in [-0.2, 0) is 21.9 Å². The molecule has 1 unspecified atom stereocenters. The van der Waals surface area contributed by atoms with E-state index in [0.29, 0.717) is 25.3 Å². The van der Waals surface area contributed by atoms with Gasteiger partial charge in [-0.05, 0) is 37.8 Å². The molecule has 0 saturated heterocycles. The Balaban J connectivity index is 2.08. The fourth-order valence-electron chi connectivity index (χ4n) is 3.34. The van der Waals surface area contributed by atoms with Gasteiger partial charge in [-0.3, -0.25) is 9.59 Å². The molecule has 0 heterocycles. The fraction of sp³-hybridized carbons (Fsp3) is 0.462. The van der Waals surface area contributed by atoms with E-state index in [-0.39, 0.29) is 11.8 Å². The van der Waals surface area contributed by atoms with Gasteiger partial charge in [-0.15, -0.1) is 11.8 Å². The number of carbonyl (C=O) groups excluding carboxylic acids is 2. The van der Waals surface area contributed by atoms with E-state index in [9.17, 15) is 9.59 Å². The summed E-state index contributed by atoms with van der Waals surface area (Å²) >= 11 is 1.60. The van der Waals surface area contributed by atoms with E-state index in [4.69, 9.17) is 0 Å². The van der Waals surface area contributed by atoms with Crippen LogP contribution in [0, 0.1) is 13.8 Å². The van der Waals surface area contributed by atoms with Crippen molar-refractivity contribution in [3.8, 4) is 0 Å². The van der Waals surface area contributed by atoms with Crippen molar-refractivity contribution < 1.29 is 9.59 Å². The van der Waals surface area contributed by atoms with Crippen LogP contribution in [0.3, 0.4) is 0 Å². The van der Waals surface area contributed by atoms with Gasteiger partial charge in [-0.25, -0.2) is 0 Å². The average molecular weight is 441 g/mol. The van der Waals surface area contributed by atoms with Crippen LogP contribution < -0.4 is 5.32 Å². The van der Waals surface area contributed by atoms with Crippen molar-refractivity contribution in [3.63, 3.8) is 0 Å². The highest BCUT2D eigenvalue weighted by atomic mass is 32.2. The van der Waals surface area contributed by atoms with Gasteiger partial charge in [0.2, 0.25) is 11.8 Å². The maximum Gasteiger partial charge on any atom is 0.242 e. The molecule has 2 aromatic carbocycles. The van der Waals surface area contributed by atoms with Crippen LogP contribution in [0.4, 0.5) is 0 Å². The minimum Gasteiger partial charge on any atom is -0.354 e. The SMILES string of the molecule is CCCCNC(=O)C(CC)N(Cc1ccc(C)cc1)C(=O)CSCc1ccc(C)cc1. The van der Waals surface area contributed by atoms with E-state index in [0.717, 1.165) is 24.2 Å². The molecule has 4 nitrogen and oxygen atoms in total. The van der Waals surface area contributed by atoms with Crippen molar-refractivity contribution in [1.82, 2.24) is 10.2 Å². The van der Waals surface area contributed by atoms with Crippen molar-refractivity contribution >= 4 is 23.6 Å². The summed E-state index contributed by atoms with van der Waals surface area (Å²) in [4.78, 5) is 27.8. The molecule has 168 valence electrons. The number of aryl methyl sites for hydroxylation is 2. The molecule has 0 bridgehead atoms. The Morgan fingerprint density at radius 1 is 0.935 bits per heavy atom. The highest BCUT2D eigenvalue weighted by molar-refractivity contribution is 7.99. The zero-order valence-electron chi connectivity index (χ0n) is 19.3. The number of benzene rings is 2. The lowest BCUT2D eigenvalue weighted by atomic mass is 10.1. The van der Waals surface area contributed by atoms with Crippen LogP contribution in [0.15, 0.2) is 48.5 Å². The van der Waals surface area contributed by atoms with Crippen LogP contribution in [0.1, 0.15) is 55.4 Å². The third-order valence-corrected chi connectivity index (χ3v) is 6.29. The Labute approximate surface area is 191 Å². The van der Waals surface area contributed by atoms with E-state index in [1.54, 1.807) is 16.7 Å². The molecule has 0 fully saturated rings. The molecular formula is C26H36N2O2S. The molecule has 2 aromatic rings. The second kappa shape index (κ2) is 13.2. The van der Waals surface area contributed by atoms with E-state index in [1.165, 1.54) is 16.7 Å². The minimum atomic E-state index is -0.453. The average Bonchev–Trinajstić information content (AvgIpc) is 2.76. The number of amides is 2. The summed E-state index contributed by atoms with van der Waals surface area (Å²) in [6.45, 7) is 9.29. The van der Waals surface area contributed by atoms with Crippen molar-refractivity contribution in [1.29, 1.82) is 0 Å². The number of nitrogens with one attached hydrogen (secondary N) is 1. The summed E-state index contributed by atoms with van der Waals surface area (Å²) in [5.74, 6) is 1.10. The Morgan fingerprint density at radius 2 is 1.52 bits per heavy atom. The summed E-state index contributed by atoms with van der Waals surface area (Å²) in [6, 6.07) is 16.1. The molecule has 2 amide bonds. The molecule has 0 aromatic heterocycles. The number of rotatable bonds is 12. The number of hydrogen-bond acceptors (Lipinski definition) is 3. The summed E-state index contributed by atoms with van der Waals surface area (Å²) in [7, 11) is 0. The van der Waals surface area contributed by atoms with Gasteiger partial charge in [-0.1, -0.05) is 79.9 Å². The monoisotopic (exact) mass is 440 g/mol. The smallest absolute Gasteiger partial charge is 0.242 e. The normalized spacial score (nSPS) is 11.7. The van der Waals surface area contributed by atoms with E-state index in [1.807, 2.05) is 38.1 Å². The summed E-state index contributed by atoms with van der Waals surface area (Å²) in [5.41, 5.74) is 4.66. The first kappa shape index (κ1) is 25.0. The largest absolute Gasteiger partial charge is 0.354 e. The number of carbonyl (C=O) groups is 2. The lowest BCUT2D eigenvalue weighted by Gasteiger charge is -2.30. The molecule has 1 N–H and O–H groups in total. The predicted molar refractivity (Wildman–Crippen MR) is 131 cm³/mol. The first-order chi connectivity index (χ1) is 14.9. The van der Waals surface area contributed by atoms with Gasteiger partial charge in [0.1, 0.15) is 6.04 Å². The highest BCUT2D eigenvalue weighted by Gasteiger charge is 2.28. The molecule has 0 aliphatic heterocycles. The molecule has 0 saturated carbocycles. The van der Waals surface area contributed by atoms with Gasteiger partial charge in [0.05, 0.1) is 5.75 Å². The Morgan fingerprint density at radius 3 is 2.06 bits per heavy atom. The molecule has 5 heteroatoms. The Bertz CT molecular complexity index is 818. The topological polar surface area (TPSA) is 49.4 Å². The fourth-order valence-corrected chi connectivity index (χ4v) is 4.21. The van der Waals surface area contributed by atoms with Gasteiger partial charge in [0.25, 0.3) is 0 Å². The van der Waals surface area contributed by atoms with Crippen LogP contribution in [0.25, 0.3) is 0 Å². The Kier molecular flexibility index (Phi) is 10.6. The van der Waals surface area contributed by atoms with E-state index < -0.39 is 6.04 Å². The highest BCUT2D eigenvalue weighted by Crippen LogP contribution is 2.18. The number of hydrogen-bond donors (Lipinski definition) is 1. The first-order valence-corrected chi connectivity index (χ1v) is 12.4. The molecule has 31 heavy (non-hydrogen) atoms.